The van der Waals surface area contributed by atoms with Crippen LogP contribution in [-0.4, -0.2) is 34.5 Å². The quantitative estimate of drug-likeness (QED) is 0.661. The molecular formula is C16H22N4O2. The number of carbonyl (C=O) groups excluding carboxylic acids is 1. The van der Waals surface area contributed by atoms with Crippen molar-refractivity contribution < 1.29 is 9.90 Å². The monoisotopic (exact) mass is 302 g/mol. The van der Waals surface area contributed by atoms with Crippen LogP contribution in [0, 0.1) is 5.41 Å². The number of aliphatic hydroxyl groups excluding tert-OH is 1. The molecule has 2 amide bonds. The third-order valence-electron chi connectivity index (χ3n) is 3.47. The minimum atomic E-state index is -0.250. The molecule has 0 aliphatic rings. The van der Waals surface area contributed by atoms with Crippen molar-refractivity contribution in [2.75, 3.05) is 18.5 Å². The van der Waals surface area contributed by atoms with Gasteiger partial charge in [-0.2, -0.15) is 5.10 Å². The second-order valence-corrected chi connectivity index (χ2v) is 5.99. The van der Waals surface area contributed by atoms with Crippen LogP contribution < -0.4 is 10.6 Å². The molecule has 6 nitrogen and oxygen atoms in total. The third-order valence-corrected chi connectivity index (χ3v) is 3.47. The van der Waals surface area contributed by atoms with Crippen LogP contribution >= 0.6 is 0 Å². The van der Waals surface area contributed by atoms with E-state index in [4.69, 9.17) is 5.11 Å². The highest BCUT2D eigenvalue weighted by atomic mass is 16.3. The lowest BCUT2D eigenvalue weighted by molar-refractivity contribution is 0.204. The second-order valence-electron chi connectivity index (χ2n) is 5.99. The molecular weight excluding hydrogens is 280 g/mol. The summed E-state index contributed by atoms with van der Waals surface area (Å²) >= 11 is 0. The molecule has 2 aromatic rings. The van der Waals surface area contributed by atoms with Gasteiger partial charge in [0, 0.05) is 25.0 Å². The molecule has 0 saturated heterocycles. The molecule has 1 aromatic heterocycles. The van der Waals surface area contributed by atoms with Gasteiger partial charge in [0.05, 0.1) is 5.69 Å². The van der Waals surface area contributed by atoms with E-state index in [1.54, 1.807) is 6.20 Å². The summed E-state index contributed by atoms with van der Waals surface area (Å²) in [5.41, 5.74) is 2.53. The standard InChI is InChI=1S/C16H22N4O2/c1-16(2,8-10-21)11-17-15(22)19-13-5-3-12(4-6-13)14-7-9-18-20-14/h3-7,9,21H,8,10-11H2,1-2H3,(H,18,20)(H2,17,19,22). The number of carbonyl (C=O) groups is 1. The molecule has 6 heteroatoms. The SMILES string of the molecule is CC(C)(CCO)CNC(=O)Nc1ccc(-c2ccn[nH]2)cc1. The van der Waals surface area contributed by atoms with Crippen LogP contribution in [0.25, 0.3) is 11.3 Å². The fourth-order valence-corrected chi connectivity index (χ4v) is 2.04. The molecule has 22 heavy (non-hydrogen) atoms. The van der Waals surface area contributed by atoms with Gasteiger partial charge >= 0.3 is 6.03 Å². The Balaban J connectivity index is 1.87. The van der Waals surface area contributed by atoms with Crippen LogP contribution in [-0.2, 0) is 0 Å². The fourth-order valence-electron chi connectivity index (χ4n) is 2.04. The Kier molecular flexibility index (Phi) is 5.16. The van der Waals surface area contributed by atoms with Crippen LogP contribution in [0.2, 0.25) is 0 Å². The predicted molar refractivity (Wildman–Crippen MR) is 86.5 cm³/mol. The van der Waals surface area contributed by atoms with Crippen LogP contribution in [0.15, 0.2) is 36.5 Å². The summed E-state index contributed by atoms with van der Waals surface area (Å²) in [6.45, 7) is 4.63. The number of benzene rings is 1. The molecule has 0 spiro atoms. The van der Waals surface area contributed by atoms with Crippen molar-refractivity contribution in [2.45, 2.75) is 20.3 Å². The topological polar surface area (TPSA) is 90.0 Å². The predicted octanol–water partition coefficient (Wildman–Crippen LogP) is 2.61. The Hall–Kier alpha value is -2.34. The lowest BCUT2D eigenvalue weighted by atomic mass is 9.90. The molecule has 0 fully saturated rings. The lowest BCUT2D eigenvalue weighted by Gasteiger charge is -2.23. The third kappa shape index (κ3) is 4.60. The molecule has 0 unspecified atom stereocenters. The highest BCUT2D eigenvalue weighted by Crippen LogP contribution is 2.20. The van der Waals surface area contributed by atoms with Gasteiger partial charge in [-0.05, 0) is 35.6 Å². The first-order valence-corrected chi connectivity index (χ1v) is 7.26. The maximum absolute atomic E-state index is 11.9. The molecule has 0 aliphatic carbocycles. The van der Waals surface area contributed by atoms with Gasteiger partial charge in [0.25, 0.3) is 0 Å². The van der Waals surface area contributed by atoms with Gasteiger partial charge < -0.3 is 15.7 Å². The first-order chi connectivity index (χ1) is 10.5. The normalized spacial score (nSPS) is 11.2. The summed E-state index contributed by atoms with van der Waals surface area (Å²) in [6, 6.07) is 9.15. The largest absolute Gasteiger partial charge is 0.396 e. The molecule has 2 rings (SSSR count). The van der Waals surface area contributed by atoms with Crippen molar-refractivity contribution in [1.29, 1.82) is 0 Å². The summed E-state index contributed by atoms with van der Waals surface area (Å²) in [6.07, 6.45) is 2.34. The number of amides is 2. The number of hydrogen-bond donors (Lipinski definition) is 4. The minimum absolute atomic E-state index is 0.116. The number of anilines is 1. The van der Waals surface area contributed by atoms with E-state index >= 15 is 0 Å². The Bertz CT molecular complexity index is 591. The number of urea groups is 1. The summed E-state index contributed by atoms with van der Waals surface area (Å²) in [4.78, 5) is 11.9. The first-order valence-electron chi connectivity index (χ1n) is 7.26. The highest BCUT2D eigenvalue weighted by molar-refractivity contribution is 5.89. The number of aromatic nitrogens is 2. The van der Waals surface area contributed by atoms with E-state index in [0.717, 1.165) is 16.9 Å². The summed E-state index contributed by atoms with van der Waals surface area (Å²) in [7, 11) is 0. The molecule has 4 N–H and O–H groups in total. The second kappa shape index (κ2) is 7.09. The van der Waals surface area contributed by atoms with E-state index in [1.165, 1.54) is 0 Å². The van der Waals surface area contributed by atoms with Crippen LogP contribution in [0.5, 0.6) is 0 Å². The molecule has 118 valence electrons. The Morgan fingerprint density at radius 3 is 2.59 bits per heavy atom. The smallest absolute Gasteiger partial charge is 0.319 e. The van der Waals surface area contributed by atoms with Crippen LogP contribution in [0.3, 0.4) is 0 Å². The van der Waals surface area contributed by atoms with Crippen LogP contribution in [0.1, 0.15) is 20.3 Å². The van der Waals surface area contributed by atoms with E-state index < -0.39 is 0 Å². The summed E-state index contributed by atoms with van der Waals surface area (Å²) in [5.74, 6) is 0. The number of hydrogen-bond acceptors (Lipinski definition) is 3. The molecule has 0 aliphatic heterocycles. The van der Waals surface area contributed by atoms with Gasteiger partial charge in [0.2, 0.25) is 0 Å². The molecule has 0 radical (unpaired) electrons. The fraction of sp³-hybridized carbons (Fsp3) is 0.375. The van der Waals surface area contributed by atoms with Gasteiger partial charge in [-0.1, -0.05) is 26.0 Å². The van der Waals surface area contributed by atoms with Crippen molar-refractivity contribution in [2.24, 2.45) is 5.41 Å². The van der Waals surface area contributed by atoms with Gasteiger partial charge in [0.1, 0.15) is 0 Å². The zero-order chi connectivity index (χ0) is 16.0. The van der Waals surface area contributed by atoms with Gasteiger partial charge in [-0.3, -0.25) is 5.10 Å². The Labute approximate surface area is 129 Å². The average molecular weight is 302 g/mol. The molecule has 0 atom stereocenters. The molecule has 0 saturated carbocycles. The van der Waals surface area contributed by atoms with E-state index in [2.05, 4.69) is 20.8 Å². The van der Waals surface area contributed by atoms with Crippen molar-refractivity contribution in [3.63, 3.8) is 0 Å². The average Bonchev–Trinajstić information content (AvgIpc) is 3.00. The number of H-pyrrole nitrogens is 1. The number of aromatic amines is 1. The number of nitrogens with one attached hydrogen (secondary N) is 3. The maximum atomic E-state index is 11.9. The van der Waals surface area contributed by atoms with Gasteiger partial charge in [-0.25, -0.2) is 4.79 Å². The van der Waals surface area contributed by atoms with Gasteiger partial charge in [0.15, 0.2) is 0 Å². The van der Waals surface area contributed by atoms with Gasteiger partial charge in [-0.15, -0.1) is 0 Å². The lowest BCUT2D eigenvalue weighted by Crippen LogP contribution is -2.37. The number of nitrogens with zero attached hydrogens (tertiary/aromatic N) is 1. The number of rotatable bonds is 6. The van der Waals surface area contributed by atoms with Crippen molar-refractivity contribution in [3.8, 4) is 11.3 Å². The highest BCUT2D eigenvalue weighted by Gasteiger charge is 2.18. The molecule has 0 bridgehead atoms. The van der Waals surface area contributed by atoms with Crippen LogP contribution in [0.4, 0.5) is 10.5 Å². The molecule has 1 heterocycles. The van der Waals surface area contributed by atoms with E-state index in [0.29, 0.717) is 13.0 Å². The van der Waals surface area contributed by atoms with E-state index in [-0.39, 0.29) is 18.1 Å². The van der Waals surface area contributed by atoms with Crippen molar-refractivity contribution >= 4 is 11.7 Å². The van der Waals surface area contributed by atoms with E-state index in [1.807, 2.05) is 44.2 Å². The first kappa shape index (κ1) is 16.0. The zero-order valence-electron chi connectivity index (χ0n) is 12.9. The minimum Gasteiger partial charge on any atom is -0.396 e. The number of aliphatic hydroxyl groups is 1. The van der Waals surface area contributed by atoms with Crippen molar-refractivity contribution in [3.05, 3.63) is 36.5 Å². The van der Waals surface area contributed by atoms with E-state index in [9.17, 15) is 4.79 Å². The maximum Gasteiger partial charge on any atom is 0.319 e. The zero-order valence-corrected chi connectivity index (χ0v) is 12.9. The summed E-state index contributed by atoms with van der Waals surface area (Å²) in [5, 5.41) is 21.4. The summed E-state index contributed by atoms with van der Waals surface area (Å²) < 4.78 is 0. The molecule has 1 aromatic carbocycles. The van der Waals surface area contributed by atoms with Crippen molar-refractivity contribution in [1.82, 2.24) is 15.5 Å². The Morgan fingerprint density at radius 2 is 2.00 bits per heavy atom. The Morgan fingerprint density at radius 1 is 1.27 bits per heavy atom.